The van der Waals surface area contributed by atoms with Gasteiger partial charge in [-0.3, -0.25) is 19.3 Å². The molecule has 31 heavy (non-hydrogen) atoms. The van der Waals surface area contributed by atoms with Gasteiger partial charge in [0, 0.05) is 0 Å². The molecule has 3 atom stereocenters. The molecule has 5 nitrogen and oxygen atoms in total. The first-order chi connectivity index (χ1) is 15.0. The van der Waals surface area contributed by atoms with Crippen molar-refractivity contribution >= 4 is 33.4 Å². The minimum absolute atomic E-state index is 0.194. The monoisotopic (exact) mass is 480 g/mol. The molecule has 0 N–H and O–H groups in total. The quantitative estimate of drug-likeness (QED) is 0.510. The molecule has 2 fully saturated rings. The van der Waals surface area contributed by atoms with Crippen LogP contribution in [-0.2, 0) is 21.0 Å². The predicted octanol–water partition coefficient (Wildman–Crippen LogP) is 4.63. The van der Waals surface area contributed by atoms with Crippen LogP contribution in [0.15, 0.2) is 83.3 Å². The zero-order chi connectivity index (χ0) is 21.5. The van der Waals surface area contributed by atoms with Gasteiger partial charge in [-0.15, -0.1) is 0 Å². The zero-order valence-corrected chi connectivity index (χ0v) is 17.9. The average molecular weight is 481 g/mol. The van der Waals surface area contributed by atoms with Gasteiger partial charge in [-0.05, 0) is 51.3 Å². The number of fused-ring (bicyclic) bond motifs is 1. The molecular weight excluding hydrogens is 463 g/mol. The molecule has 5 rings (SSSR count). The molecule has 2 amide bonds. The smallest absolute Gasteiger partial charge is 0.262 e. The van der Waals surface area contributed by atoms with Crippen molar-refractivity contribution < 1.29 is 18.8 Å². The highest BCUT2D eigenvalue weighted by molar-refractivity contribution is 9.10. The Morgan fingerprint density at radius 1 is 0.903 bits per heavy atom. The molecule has 0 spiro atoms. The van der Waals surface area contributed by atoms with Gasteiger partial charge in [0.2, 0.25) is 5.91 Å². The Hall–Kier alpha value is -3.03. The van der Waals surface area contributed by atoms with Crippen molar-refractivity contribution in [2.75, 3.05) is 5.06 Å². The number of likely N-dealkylation sites (tertiary alicyclic amines) is 1. The van der Waals surface area contributed by atoms with E-state index in [0.717, 1.165) is 11.3 Å². The van der Waals surface area contributed by atoms with Crippen LogP contribution in [0.4, 0.5) is 10.1 Å². The highest BCUT2D eigenvalue weighted by Crippen LogP contribution is 2.47. The van der Waals surface area contributed by atoms with Crippen molar-refractivity contribution in [1.82, 2.24) is 4.90 Å². The van der Waals surface area contributed by atoms with Crippen molar-refractivity contribution in [3.05, 3.63) is 100 Å². The van der Waals surface area contributed by atoms with Gasteiger partial charge in [-0.25, -0.2) is 9.45 Å². The molecule has 0 saturated carbocycles. The molecule has 0 radical (unpaired) electrons. The van der Waals surface area contributed by atoms with Crippen LogP contribution < -0.4 is 5.06 Å². The van der Waals surface area contributed by atoms with E-state index in [2.05, 4.69) is 15.9 Å². The molecule has 7 heteroatoms. The number of hydrogen-bond donors (Lipinski definition) is 0. The number of benzene rings is 3. The summed E-state index contributed by atoms with van der Waals surface area (Å²) in [5.74, 6) is -1.77. The Balaban J connectivity index is 1.54. The van der Waals surface area contributed by atoms with Crippen molar-refractivity contribution in [2.45, 2.75) is 18.7 Å². The van der Waals surface area contributed by atoms with Gasteiger partial charge in [-0.1, -0.05) is 54.6 Å². The molecule has 3 aromatic rings. The minimum Gasteiger partial charge on any atom is -0.275 e. The van der Waals surface area contributed by atoms with Crippen molar-refractivity contribution in [1.29, 1.82) is 0 Å². The molecule has 0 aromatic heterocycles. The summed E-state index contributed by atoms with van der Waals surface area (Å²) >= 11 is 3.23. The Labute approximate surface area is 187 Å². The summed E-state index contributed by atoms with van der Waals surface area (Å²) in [5.41, 5.74) is 2.27. The average Bonchev–Trinajstić information content (AvgIpc) is 3.29. The van der Waals surface area contributed by atoms with E-state index in [0.29, 0.717) is 10.0 Å². The number of rotatable bonds is 4. The second-order valence-corrected chi connectivity index (χ2v) is 8.43. The van der Waals surface area contributed by atoms with Crippen LogP contribution in [0.1, 0.15) is 17.2 Å². The third-order valence-electron chi connectivity index (χ3n) is 5.69. The van der Waals surface area contributed by atoms with Crippen LogP contribution in [0, 0.1) is 11.7 Å². The van der Waals surface area contributed by atoms with E-state index in [1.165, 1.54) is 11.0 Å². The van der Waals surface area contributed by atoms with E-state index < -0.39 is 23.9 Å². The molecule has 2 aliphatic heterocycles. The minimum atomic E-state index is -0.926. The summed E-state index contributed by atoms with van der Waals surface area (Å²) in [5, 5.41) is 1.60. The first-order valence-corrected chi connectivity index (χ1v) is 10.7. The molecule has 0 bridgehead atoms. The number of para-hydroxylation sites is 1. The first kappa shape index (κ1) is 19.9. The number of hydrogen-bond acceptors (Lipinski definition) is 4. The second-order valence-electron chi connectivity index (χ2n) is 7.58. The highest BCUT2D eigenvalue weighted by atomic mass is 79.9. The summed E-state index contributed by atoms with van der Waals surface area (Å²) in [6.07, 6.45) is -0.926. The standard InChI is InChI=1S/C24H18BrFN2O3/c25-18-13-16(11-12-19(18)26)21-20-22(31-28(21)17-9-5-2-6-10-17)24(30)27(23(20)29)14-15-7-3-1-4-8-15/h1-13,20-22H,14H2/t20-,21+,22-/m1/s1. The summed E-state index contributed by atoms with van der Waals surface area (Å²) in [6, 6.07) is 22.7. The summed E-state index contributed by atoms with van der Waals surface area (Å²) in [4.78, 5) is 33.9. The molecular formula is C24H18BrFN2O3. The largest absolute Gasteiger partial charge is 0.275 e. The third kappa shape index (κ3) is 3.43. The number of hydroxylamine groups is 1. The van der Waals surface area contributed by atoms with Gasteiger partial charge in [0.1, 0.15) is 11.7 Å². The van der Waals surface area contributed by atoms with Gasteiger partial charge in [0.05, 0.1) is 22.7 Å². The normalized spacial score (nSPS) is 22.8. The first-order valence-electron chi connectivity index (χ1n) is 9.90. The van der Waals surface area contributed by atoms with Gasteiger partial charge in [-0.2, -0.15) is 0 Å². The SMILES string of the molecule is O=C1[C@H]2[C@@H](ON(c3ccccc3)[C@H]2c2ccc(F)c(Br)c2)C(=O)N1Cc1ccccc1. The van der Waals surface area contributed by atoms with Gasteiger partial charge in [0.15, 0.2) is 6.10 Å². The van der Waals surface area contributed by atoms with Crippen LogP contribution in [0.2, 0.25) is 0 Å². The van der Waals surface area contributed by atoms with E-state index in [9.17, 15) is 14.0 Å². The molecule has 0 unspecified atom stereocenters. The van der Waals surface area contributed by atoms with E-state index in [1.807, 2.05) is 60.7 Å². The van der Waals surface area contributed by atoms with Crippen molar-refractivity contribution in [3.8, 4) is 0 Å². The van der Waals surface area contributed by atoms with E-state index in [1.54, 1.807) is 17.2 Å². The lowest BCUT2D eigenvalue weighted by Crippen LogP contribution is -2.36. The van der Waals surface area contributed by atoms with Gasteiger partial charge >= 0.3 is 0 Å². The number of halogens is 2. The summed E-state index contributed by atoms with van der Waals surface area (Å²) in [7, 11) is 0. The molecule has 2 aliphatic rings. The van der Waals surface area contributed by atoms with Gasteiger partial charge < -0.3 is 0 Å². The fourth-order valence-corrected chi connectivity index (χ4v) is 4.62. The maximum atomic E-state index is 13.9. The van der Waals surface area contributed by atoms with Crippen molar-refractivity contribution in [3.63, 3.8) is 0 Å². The topological polar surface area (TPSA) is 49.9 Å². The van der Waals surface area contributed by atoms with E-state index in [4.69, 9.17) is 4.84 Å². The molecule has 2 saturated heterocycles. The molecule has 2 heterocycles. The van der Waals surface area contributed by atoms with Crippen molar-refractivity contribution in [2.24, 2.45) is 5.92 Å². The number of carbonyl (C=O) groups excluding carboxylic acids is 2. The van der Waals surface area contributed by atoms with Crippen LogP contribution in [0.3, 0.4) is 0 Å². The maximum Gasteiger partial charge on any atom is 0.262 e. The molecule has 0 aliphatic carbocycles. The lowest BCUT2D eigenvalue weighted by Gasteiger charge is -2.29. The second kappa shape index (κ2) is 7.90. The van der Waals surface area contributed by atoms with Crippen LogP contribution in [-0.4, -0.2) is 22.8 Å². The Bertz CT molecular complexity index is 1140. The number of nitrogens with zero attached hydrogens (tertiary/aromatic N) is 2. The summed E-state index contributed by atoms with van der Waals surface area (Å²) < 4.78 is 14.2. The fourth-order valence-electron chi connectivity index (χ4n) is 4.23. The zero-order valence-electron chi connectivity index (χ0n) is 16.3. The van der Waals surface area contributed by atoms with Crippen LogP contribution >= 0.6 is 15.9 Å². The highest BCUT2D eigenvalue weighted by Gasteiger charge is 2.59. The fraction of sp³-hybridized carbons (Fsp3) is 0.167. The summed E-state index contributed by atoms with van der Waals surface area (Å²) in [6.45, 7) is 0.194. The number of imide groups is 1. The molecule has 3 aromatic carbocycles. The van der Waals surface area contributed by atoms with E-state index in [-0.39, 0.29) is 18.4 Å². The Morgan fingerprint density at radius 2 is 1.58 bits per heavy atom. The Morgan fingerprint density at radius 3 is 2.26 bits per heavy atom. The van der Waals surface area contributed by atoms with E-state index >= 15 is 0 Å². The molecule has 156 valence electrons. The number of carbonyl (C=O) groups is 2. The number of amides is 2. The lowest BCUT2D eigenvalue weighted by atomic mass is 9.90. The predicted molar refractivity (Wildman–Crippen MR) is 116 cm³/mol. The van der Waals surface area contributed by atoms with Gasteiger partial charge in [0.25, 0.3) is 5.91 Å². The van der Waals surface area contributed by atoms with Crippen LogP contribution in [0.5, 0.6) is 0 Å². The maximum absolute atomic E-state index is 13.9. The third-order valence-corrected chi connectivity index (χ3v) is 6.29. The van der Waals surface area contributed by atoms with Crippen LogP contribution in [0.25, 0.3) is 0 Å². The number of anilines is 1. The lowest BCUT2D eigenvalue weighted by molar-refractivity contribution is -0.143. The Kier molecular flexibility index (Phi) is 5.08.